The van der Waals surface area contributed by atoms with Gasteiger partial charge in [0.1, 0.15) is 0 Å². The number of rotatable bonds is 3. The summed E-state index contributed by atoms with van der Waals surface area (Å²) in [7, 11) is 0. The molecule has 2 N–H and O–H groups in total. The van der Waals surface area contributed by atoms with Gasteiger partial charge in [-0.05, 0) is 53.8 Å². The Morgan fingerprint density at radius 1 is 1.60 bits per heavy atom. The van der Waals surface area contributed by atoms with Crippen LogP contribution in [0.15, 0.2) is 15.9 Å². The summed E-state index contributed by atoms with van der Waals surface area (Å²) in [6.07, 6.45) is 2.61. The van der Waals surface area contributed by atoms with E-state index >= 15 is 0 Å². The molecule has 1 fully saturated rings. The van der Waals surface area contributed by atoms with Gasteiger partial charge in [-0.2, -0.15) is 0 Å². The summed E-state index contributed by atoms with van der Waals surface area (Å²) in [6.45, 7) is 4.33. The number of nitrogens with two attached hydrogens (primary N) is 1. The molecule has 1 aromatic heterocycles. The number of hydrogen-bond acceptors (Lipinski definition) is 3. The fourth-order valence-electron chi connectivity index (χ4n) is 2.14. The maximum atomic E-state index is 5.73. The van der Waals surface area contributed by atoms with Crippen molar-refractivity contribution in [3.05, 3.63) is 20.8 Å². The summed E-state index contributed by atoms with van der Waals surface area (Å²) < 4.78 is 1.20. The van der Waals surface area contributed by atoms with E-state index in [9.17, 15) is 0 Å². The molecule has 0 unspecified atom stereocenters. The predicted molar refractivity (Wildman–Crippen MR) is 69.1 cm³/mol. The maximum Gasteiger partial charge on any atom is 0.0328 e. The second-order valence-electron chi connectivity index (χ2n) is 4.21. The molecule has 0 aliphatic carbocycles. The van der Waals surface area contributed by atoms with Crippen LogP contribution in [0.5, 0.6) is 0 Å². The van der Waals surface area contributed by atoms with E-state index in [0.29, 0.717) is 5.92 Å². The first-order valence-electron chi connectivity index (χ1n) is 5.43. The Balaban J connectivity index is 1.88. The monoisotopic (exact) mass is 288 g/mol. The van der Waals surface area contributed by atoms with Crippen molar-refractivity contribution in [2.75, 3.05) is 19.6 Å². The van der Waals surface area contributed by atoms with Gasteiger partial charge in [0, 0.05) is 27.8 Å². The summed E-state index contributed by atoms with van der Waals surface area (Å²) >= 11 is 5.33. The molecule has 0 bridgehead atoms. The van der Waals surface area contributed by atoms with Gasteiger partial charge in [0.05, 0.1) is 0 Å². The molecule has 0 spiro atoms. The highest BCUT2D eigenvalue weighted by Gasteiger charge is 2.18. The van der Waals surface area contributed by atoms with Crippen molar-refractivity contribution in [1.82, 2.24) is 4.90 Å². The minimum atomic E-state index is 0.710. The topological polar surface area (TPSA) is 29.3 Å². The quantitative estimate of drug-likeness (QED) is 0.927. The van der Waals surface area contributed by atoms with Crippen LogP contribution >= 0.6 is 27.3 Å². The Morgan fingerprint density at radius 3 is 3.13 bits per heavy atom. The van der Waals surface area contributed by atoms with Crippen LogP contribution in [0.2, 0.25) is 0 Å². The van der Waals surface area contributed by atoms with Crippen LogP contribution in [0.4, 0.5) is 0 Å². The molecule has 0 amide bonds. The van der Waals surface area contributed by atoms with Gasteiger partial charge < -0.3 is 5.73 Å². The Kier molecular flexibility index (Phi) is 4.20. The zero-order valence-electron chi connectivity index (χ0n) is 8.79. The average Bonchev–Trinajstić information content (AvgIpc) is 2.64. The van der Waals surface area contributed by atoms with E-state index in [-0.39, 0.29) is 0 Å². The van der Waals surface area contributed by atoms with Gasteiger partial charge in [-0.3, -0.25) is 4.90 Å². The number of likely N-dealkylation sites (tertiary alicyclic amines) is 1. The number of halogens is 1. The number of hydrogen-bond donors (Lipinski definition) is 1. The van der Waals surface area contributed by atoms with Gasteiger partial charge in [-0.1, -0.05) is 0 Å². The fraction of sp³-hybridized carbons (Fsp3) is 0.636. The third kappa shape index (κ3) is 3.28. The lowest BCUT2D eigenvalue weighted by Gasteiger charge is -2.31. The maximum absolute atomic E-state index is 5.73. The van der Waals surface area contributed by atoms with Crippen LogP contribution in [-0.4, -0.2) is 24.5 Å². The Morgan fingerprint density at radius 2 is 2.47 bits per heavy atom. The molecule has 4 heteroatoms. The highest BCUT2D eigenvalue weighted by molar-refractivity contribution is 9.10. The largest absolute Gasteiger partial charge is 0.330 e. The van der Waals surface area contributed by atoms with E-state index in [1.165, 1.54) is 35.3 Å². The second-order valence-corrected chi connectivity index (χ2v) is 6.12. The summed E-state index contributed by atoms with van der Waals surface area (Å²) in [5.41, 5.74) is 5.73. The molecule has 15 heavy (non-hydrogen) atoms. The van der Waals surface area contributed by atoms with Crippen molar-refractivity contribution < 1.29 is 0 Å². The van der Waals surface area contributed by atoms with Crippen molar-refractivity contribution in [2.24, 2.45) is 11.7 Å². The molecule has 1 aromatic rings. The van der Waals surface area contributed by atoms with Gasteiger partial charge in [-0.15, -0.1) is 11.3 Å². The molecule has 1 aliphatic heterocycles. The summed E-state index contributed by atoms with van der Waals surface area (Å²) in [5.74, 6) is 0.710. The molecular weight excluding hydrogens is 272 g/mol. The van der Waals surface area contributed by atoms with Crippen LogP contribution in [0.3, 0.4) is 0 Å². The smallest absolute Gasteiger partial charge is 0.0328 e. The first kappa shape index (κ1) is 11.6. The fourth-order valence-corrected chi connectivity index (χ4v) is 3.64. The molecule has 0 radical (unpaired) electrons. The Hall–Kier alpha value is 0.1000. The van der Waals surface area contributed by atoms with Crippen LogP contribution in [-0.2, 0) is 6.54 Å². The van der Waals surface area contributed by atoms with Gasteiger partial charge >= 0.3 is 0 Å². The normalized spacial score (nSPS) is 23.2. The Labute approximate surface area is 104 Å². The lowest BCUT2D eigenvalue weighted by atomic mass is 9.98. The molecule has 1 atom stereocenters. The summed E-state index contributed by atoms with van der Waals surface area (Å²) in [6, 6.07) is 2.22. The van der Waals surface area contributed by atoms with Crippen molar-refractivity contribution in [3.8, 4) is 0 Å². The van der Waals surface area contributed by atoms with Crippen molar-refractivity contribution in [1.29, 1.82) is 0 Å². The molecule has 0 saturated carbocycles. The summed E-state index contributed by atoms with van der Waals surface area (Å²) in [4.78, 5) is 3.97. The Bertz CT molecular complexity index is 313. The van der Waals surface area contributed by atoms with Crippen LogP contribution in [0, 0.1) is 5.92 Å². The molecule has 2 heterocycles. The second kappa shape index (κ2) is 5.43. The van der Waals surface area contributed by atoms with E-state index in [4.69, 9.17) is 5.73 Å². The first-order chi connectivity index (χ1) is 7.28. The van der Waals surface area contributed by atoms with E-state index in [1.54, 1.807) is 0 Å². The van der Waals surface area contributed by atoms with Gasteiger partial charge in [-0.25, -0.2) is 0 Å². The zero-order chi connectivity index (χ0) is 10.7. The lowest BCUT2D eigenvalue weighted by Crippen LogP contribution is -2.37. The summed E-state index contributed by atoms with van der Waals surface area (Å²) in [5, 5.41) is 2.15. The third-order valence-corrected chi connectivity index (χ3v) is 4.62. The van der Waals surface area contributed by atoms with Crippen LogP contribution in [0.25, 0.3) is 0 Å². The van der Waals surface area contributed by atoms with Gasteiger partial charge in [0.25, 0.3) is 0 Å². The van der Waals surface area contributed by atoms with E-state index in [2.05, 4.69) is 32.3 Å². The standard InChI is InChI=1S/C11H17BrN2S/c12-10-4-11(15-8-10)7-14-3-1-2-9(5-13)6-14/h4,8-9H,1-3,5-7,13H2/t9-/m1/s1. The van der Waals surface area contributed by atoms with Crippen LogP contribution in [0.1, 0.15) is 17.7 Å². The van der Waals surface area contributed by atoms with Crippen molar-refractivity contribution in [3.63, 3.8) is 0 Å². The van der Waals surface area contributed by atoms with E-state index < -0.39 is 0 Å². The highest BCUT2D eigenvalue weighted by Crippen LogP contribution is 2.23. The molecule has 2 rings (SSSR count). The molecule has 0 aromatic carbocycles. The molecular formula is C11H17BrN2S. The first-order valence-corrected chi connectivity index (χ1v) is 7.10. The van der Waals surface area contributed by atoms with Crippen LogP contribution < -0.4 is 5.73 Å². The van der Waals surface area contributed by atoms with Gasteiger partial charge in [0.15, 0.2) is 0 Å². The van der Waals surface area contributed by atoms with Crippen molar-refractivity contribution >= 4 is 27.3 Å². The zero-order valence-corrected chi connectivity index (χ0v) is 11.2. The van der Waals surface area contributed by atoms with E-state index in [1.807, 2.05) is 11.3 Å². The molecule has 2 nitrogen and oxygen atoms in total. The minimum Gasteiger partial charge on any atom is -0.330 e. The molecule has 1 aliphatic rings. The molecule has 1 saturated heterocycles. The minimum absolute atomic E-state index is 0.710. The average molecular weight is 289 g/mol. The third-order valence-electron chi connectivity index (χ3n) is 2.94. The van der Waals surface area contributed by atoms with Gasteiger partial charge in [0.2, 0.25) is 0 Å². The number of nitrogens with zero attached hydrogens (tertiary/aromatic N) is 1. The highest BCUT2D eigenvalue weighted by atomic mass is 79.9. The number of piperidine rings is 1. The van der Waals surface area contributed by atoms with E-state index in [0.717, 1.165) is 13.1 Å². The lowest BCUT2D eigenvalue weighted by molar-refractivity contribution is 0.172. The predicted octanol–water partition coefficient (Wildman–Crippen LogP) is 2.68. The SMILES string of the molecule is NC[C@H]1CCCN(Cc2cc(Br)cs2)C1. The molecule has 84 valence electrons. The number of thiophene rings is 1. The van der Waals surface area contributed by atoms with Crippen molar-refractivity contribution in [2.45, 2.75) is 19.4 Å².